The van der Waals surface area contributed by atoms with Gasteiger partial charge in [0.1, 0.15) is 10.8 Å². The highest BCUT2D eigenvalue weighted by atomic mass is 35.5. The number of benzene rings is 2. The van der Waals surface area contributed by atoms with Crippen molar-refractivity contribution in [1.82, 2.24) is 4.90 Å². The molecule has 2 aromatic carbocycles. The van der Waals surface area contributed by atoms with Gasteiger partial charge in [-0.3, -0.25) is 9.59 Å². The zero-order valence-corrected chi connectivity index (χ0v) is 20.8. The Balaban J connectivity index is 1.64. The van der Waals surface area contributed by atoms with Crippen molar-refractivity contribution in [2.24, 2.45) is 0 Å². The summed E-state index contributed by atoms with van der Waals surface area (Å²) >= 11 is 7.22. The third-order valence-corrected chi connectivity index (χ3v) is 6.88. The Bertz CT molecular complexity index is 1240. The molecule has 8 nitrogen and oxygen atoms in total. The van der Waals surface area contributed by atoms with Crippen LogP contribution in [0.25, 0.3) is 0 Å². The SMILES string of the molecule is CCOC(=O)N1CCc2c(sc(NC(=O)c3ccc(Cl)cc3)c2C(=O)Nc2ccc(OC)cc2)C1. The standard InChI is InChI=1S/C25H24ClN3O5S/c1-3-34-25(32)29-13-12-19-20(14-29)35-24(28-22(30)15-4-6-16(26)7-5-15)21(19)23(31)27-17-8-10-18(33-2)11-9-17/h4-11H,3,12-14H2,1-2H3,(H,27,31)(H,28,30). The van der Waals surface area contributed by atoms with Crippen LogP contribution in [0, 0.1) is 0 Å². The van der Waals surface area contributed by atoms with Gasteiger partial charge in [0.25, 0.3) is 11.8 Å². The first kappa shape index (κ1) is 24.6. The van der Waals surface area contributed by atoms with Crippen LogP contribution in [0.3, 0.4) is 0 Å². The fourth-order valence-electron chi connectivity index (χ4n) is 3.75. The summed E-state index contributed by atoms with van der Waals surface area (Å²) in [5.74, 6) is -0.0319. The quantitative estimate of drug-likeness (QED) is 0.458. The molecule has 1 aliphatic rings. The van der Waals surface area contributed by atoms with Gasteiger partial charge >= 0.3 is 6.09 Å². The molecule has 3 aromatic rings. The summed E-state index contributed by atoms with van der Waals surface area (Å²) in [6.45, 7) is 2.75. The van der Waals surface area contributed by atoms with Crippen molar-refractivity contribution in [3.05, 3.63) is 75.1 Å². The van der Waals surface area contributed by atoms with Crippen LogP contribution in [0.4, 0.5) is 15.5 Å². The lowest BCUT2D eigenvalue weighted by molar-refractivity contribution is 0.101. The van der Waals surface area contributed by atoms with E-state index in [9.17, 15) is 14.4 Å². The van der Waals surface area contributed by atoms with Crippen molar-refractivity contribution in [1.29, 1.82) is 0 Å². The predicted octanol–water partition coefficient (Wildman–Crippen LogP) is 5.43. The maximum atomic E-state index is 13.4. The number of ether oxygens (including phenoxy) is 2. The summed E-state index contributed by atoms with van der Waals surface area (Å²) in [7, 11) is 1.57. The van der Waals surface area contributed by atoms with E-state index in [0.29, 0.717) is 52.1 Å². The number of rotatable bonds is 6. The fraction of sp³-hybridized carbons (Fsp3) is 0.240. The molecule has 35 heavy (non-hydrogen) atoms. The molecule has 0 saturated carbocycles. The molecule has 10 heteroatoms. The molecule has 0 fully saturated rings. The lowest BCUT2D eigenvalue weighted by atomic mass is 10.0. The number of carbonyl (C=O) groups is 3. The topological polar surface area (TPSA) is 97.0 Å². The first-order valence-electron chi connectivity index (χ1n) is 11.0. The van der Waals surface area contributed by atoms with Gasteiger partial charge in [-0.15, -0.1) is 11.3 Å². The van der Waals surface area contributed by atoms with Crippen molar-refractivity contribution in [2.45, 2.75) is 19.9 Å². The number of hydrogen-bond acceptors (Lipinski definition) is 6. The van der Waals surface area contributed by atoms with Crippen molar-refractivity contribution in [2.75, 3.05) is 30.9 Å². The zero-order valence-electron chi connectivity index (χ0n) is 19.2. The summed E-state index contributed by atoms with van der Waals surface area (Å²) in [5, 5.41) is 6.72. The van der Waals surface area contributed by atoms with Gasteiger partial charge in [-0.05, 0) is 67.4 Å². The summed E-state index contributed by atoms with van der Waals surface area (Å²) in [6, 6.07) is 13.5. The Kier molecular flexibility index (Phi) is 7.57. The van der Waals surface area contributed by atoms with Gasteiger partial charge < -0.3 is 25.0 Å². The number of nitrogens with zero attached hydrogens (tertiary/aromatic N) is 1. The van der Waals surface area contributed by atoms with Gasteiger partial charge in [-0.25, -0.2) is 4.79 Å². The largest absolute Gasteiger partial charge is 0.497 e. The van der Waals surface area contributed by atoms with Gasteiger partial charge in [0.2, 0.25) is 0 Å². The van der Waals surface area contributed by atoms with Crippen LogP contribution in [0.2, 0.25) is 5.02 Å². The normalized spacial score (nSPS) is 12.5. The molecule has 0 aliphatic carbocycles. The van der Waals surface area contributed by atoms with E-state index in [0.717, 1.165) is 10.4 Å². The first-order valence-corrected chi connectivity index (χ1v) is 12.2. The third-order valence-electron chi connectivity index (χ3n) is 5.49. The minimum Gasteiger partial charge on any atom is -0.497 e. The second kappa shape index (κ2) is 10.8. The van der Waals surface area contributed by atoms with Crippen LogP contribution in [-0.4, -0.2) is 43.1 Å². The molecule has 1 aliphatic heterocycles. The Labute approximate surface area is 211 Å². The molecule has 0 radical (unpaired) electrons. The van der Waals surface area contributed by atoms with Crippen molar-refractivity contribution < 1.29 is 23.9 Å². The summed E-state index contributed by atoms with van der Waals surface area (Å²) in [5.41, 5.74) is 2.21. The van der Waals surface area contributed by atoms with Gasteiger partial charge in [0.05, 0.1) is 25.8 Å². The predicted molar refractivity (Wildman–Crippen MR) is 136 cm³/mol. The fourth-order valence-corrected chi connectivity index (χ4v) is 5.13. The Hall–Kier alpha value is -3.56. The molecule has 0 spiro atoms. The lowest BCUT2D eigenvalue weighted by Crippen LogP contribution is -2.36. The molecular weight excluding hydrogens is 490 g/mol. The Morgan fingerprint density at radius 3 is 2.40 bits per heavy atom. The number of fused-ring (bicyclic) bond motifs is 1. The molecule has 182 valence electrons. The second-order valence-electron chi connectivity index (χ2n) is 7.72. The number of hydrogen-bond donors (Lipinski definition) is 2. The minimum atomic E-state index is -0.400. The Morgan fingerprint density at radius 2 is 1.74 bits per heavy atom. The number of halogens is 1. The smallest absolute Gasteiger partial charge is 0.410 e. The highest BCUT2D eigenvalue weighted by molar-refractivity contribution is 7.17. The van der Waals surface area contributed by atoms with Crippen LogP contribution < -0.4 is 15.4 Å². The van der Waals surface area contributed by atoms with E-state index in [2.05, 4.69) is 10.6 Å². The first-order chi connectivity index (χ1) is 16.9. The molecule has 0 unspecified atom stereocenters. The molecule has 0 atom stereocenters. The molecule has 4 rings (SSSR count). The van der Waals surface area contributed by atoms with Crippen molar-refractivity contribution >= 4 is 51.5 Å². The van der Waals surface area contributed by atoms with Gasteiger partial charge in [-0.1, -0.05) is 11.6 Å². The highest BCUT2D eigenvalue weighted by Gasteiger charge is 2.31. The monoisotopic (exact) mass is 513 g/mol. The van der Waals surface area contributed by atoms with Crippen molar-refractivity contribution in [3.63, 3.8) is 0 Å². The van der Waals surface area contributed by atoms with Crippen molar-refractivity contribution in [3.8, 4) is 5.75 Å². The molecular formula is C25H24ClN3O5S. The second-order valence-corrected chi connectivity index (χ2v) is 9.26. The Morgan fingerprint density at radius 1 is 1.03 bits per heavy atom. The maximum absolute atomic E-state index is 13.4. The average molecular weight is 514 g/mol. The van der Waals surface area contributed by atoms with E-state index in [1.54, 1.807) is 67.5 Å². The van der Waals surface area contributed by atoms with E-state index in [-0.39, 0.29) is 18.4 Å². The number of thiophene rings is 1. The minimum absolute atomic E-state index is 0.282. The summed E-state index contributed by atoms with van der Waals surface area (Å²) in [4.78, 5) is 41.0. The zero-order chi connectivity index (χ0) is 24.9. The number of carbonyl (C=O) groups excluding carboxylic acids is 3. The average Bonchev–Trinajstić information content (AvgIpc) is 3.22. The number of nitrogens with one attached hydrogen (secondary N) is 2. The molecule has 2 N–H and O–H groups in total. The highest BCUT2D eigenvalue weighted by Crippen LogP contribution is 2.38. The molecule has 3 amide bonds. The van der Waals surface area contributed by atoms with E-state index >= 15 is 0 Å². The number of anilines is 2. The van der Waals surface area contributed by atoms with Gasteiger partial charge in [-0.2, -0.15) is 0 Å². The van der Waals surface area contributed by atoms with E-state index in [1.165, 1.54) is 11.3 Å². The lowest BCUT2D eigenvalue weighted by Gasteiger charge is -2.26. The van der Waals surface area contributed by atoms with Crippen LogP contribution in [0.15, 0.2) is 48.5 Å². The molecule has 0 bridgehead atoms. The van der Waals surface area contributed by atoms with E-state index in [1.807, 2.05) is 0 Å². The van der Waals surface area contributed by atoms with Crippen LogP contribution >= 0.6 is 22.9 Å². The summed E-state index contributed by atoms with van der Waals surface area (Å²) in [6.07, 6.45) is 0.0647. The van der Waals surface area contributed by atoms with Gasteiger partial charge in [0.15, 0.2) is 0 Å². The van der Waals surface area contributed by atoms with Gasteiger partial charge in [0, 0.05) is 27.7 Å². The number of amides is 3. The van der Waals surface area contributed by atoms with Crippen LogP contribution in [0.1, 0.15) is 38.1 Å². The summed E-state index contributed by atoms with van der Waals surface area (Å²) < 4.78 is 10.3. The molecule has 0 saturated heterocycles. The van der Waals surface area contributed by atoms with Crippen LogP contribution in [-0.2, 0) is 17.7 Å². The van der Waals surface area contributed by atoms with Crippen LogP contribution in [0.5, 0.6) is 5.75 Å². The van der Waals surface area contributed by atoms with E-state index in [4.69, 9.17) is 21.1 Å². The maximum Gasteiger partial charge on any atom is 0.410 e. The van der Waals surface area contributed by atoms with E-state index < -0.39 is 6.09 Å². The molecule has 1 aromatic heterocycles. The number of methoxy groups -OCH3 is 1. The third kappa shape index (κ3) is 5.58. The molecule has 2 heterocycles.